The minimum absolute atomic E-state index is 0.0133. The molecule has 1 unspecified atom stereocenters. The first-order chi connectivity index (χ1) is 8.77. The number of rotatable bonds is 6. The second kappa shape index (κ2) is 6.76. The molecule has 0 amide bonds. The third kappa shape index (κ3) is 3.72. The third-order valence-electron chi connectivity index (χ3n) is 3.36. The maximum Gasteiger partial charge on any atom is 0.124 e. The molecule has 0 aliphatic carbocycles. The van der Waals surface area contributed by atoms with Crippen molar-refractivity contribution >= 4 is 0 Å². The standard InChI is InChI=1S/C15H23NO2/c1-12(16)14-8-2-3-9-15(14)18-11-5-7-13-6-4-10-17-13/h2-3,8-9,12-13H,4-7,10-11,16H2,1H3/t12-,13?/m1/s1. The quantitative estimate of drug-likeness (QED) is 0.788. The molecule has 0 spiro atoms. The number of ether oxygens (including phenoxy) is 2. The molecule has 1 heterocycles. The number of benzene rings is 1. The van der Waals surface area contributed by atoms with Crippen LogP contribution in [0.15, 0.2) is 24.3 Å². The second-order valence-electron chi connectivity index (χ2n) is 4.95. The van der Waals surface area contributed by atoms with E-state index in [4.69, 9.17) is 15.2 Å². The molecule has 18 heavy (non-hydrogen) atoms. The monoisotopic (exact) mass is 249 g/mol. The molecule has 3 nitrogen and oxygen atoms in total. The molecule has 1 fully saturated rings. The minimum atomic E-state index is 0.0133. The fourth-order valence-electron chi connectivity index (χ4n) is 2.35. The van der Waals surface area contributed by atoms with E-state index in [2.05, 4.69) is 0 Å². The normalized spacial score (nSPS) is 20.9. The van der Waals surface area contributed by atoms with E-state index in [1.807, 2.05) is 31.2 Å². The molecule has 1 saturated heterocycles. The molecule has 0 bridgehead atoms. The zero-order valence-electron chi connectivity index (χ0n) is 11.1. The lowest BCUT2D eigenvalue weighted by Gasteiger charge is -2.14. The Morgan fingerprint density at radius 1 is 1.44 bits per heavy atom. The van der Waals surface area contributed by atoms with Gasteiger partial charge in [-0.05, 0) is 38.7 Å². The molecule has 1 aromatic carbocycles. The molecule has 2 rings (SSSR count). The Bertz CT molecular complexity index is 359. The van der Waals surface area contributed by atoms with Crippen molar-refractivity contribution in [2.24, 2.45) is 5.73 Å². The van der Waals surface area contributed by atoms with Crippen LogP contribution in [0.2, 0.25) is 0 Å². The van der Waals surface area contributed by atoms with Crippen LogP contribution in [0.4, 0.5) is 0 Å². The molecule has 0 radical (unpaired) electrons. The van der Waals surface area contributed by atoms with Crippen molar-refractivity contribution in [2.45, 2.75) is 44.8 Å². The van der Waals surface area contributed by atoms with Gasteiger partial charge in [-0.25, -0.2) is 0 Å². The van der Waals surface area contributed by atoms with Crippen molar-refractivity contribution in [2.75, 3.05) is 13.2 Å². The molecule has 1 aliphatic heterocycles. The molecule has 100 valence electrons. The van der Waals surface area contributed by atoms with E-state index in [0.717, 1.165) is 37.4 Å². The number of hydrogen-bond acceptors (Lipinski definition) is 3. The lowest BCUT2D eigenvalue weighted by atomic mass is 10.1. The van der Waals surface area contributed by atoms with Gasteiger partial charge < -0.3 is 15.2 Å². The van der Waals surface area contributed by atoms with E-state index in [9.17, 15) is 0 Å². The minimum Gasteiger partial charge on any atom is -0.493 e. The fourth-order valence-corrected chi connectivity index (χ4v) is 2.35. The summed E-state index contributed by atoms with van der Waals surface area (Å²) in [5, 5.41) is 0. The van der Waals surface area contributed by atoms with Crippen molar-refractivity contribution in [1.29, 1.82) is 0 Å². The van der Waals surface area contributed by atoms with Crippen LogP contribution in [0.5, 0.6) is 5.75 Å². The molecular formula is C15H23NO2. The van der Waals surface area contributed by atoms with E-state index in [1.54, 1.807) is 0 Å². The zero-order valence-corrected chi connectivity index (χ0v) is 11.1. The summed E-state index contributed by atoms with van der Waals surface area (Å²) in [4.78, 5) is 0. The molecule has 2 atom stereocenters. The molecule has 0 saturated carbocycles. The largest absolute Gasteiger partial charge is 0.493 e. The fraction of sp³-hybridized carbons (Fsp3) is 0.600. The summed E-state index contributed by atoms with van der Waals surface area (Å²) in [5.74, 6) is 0.917. The SMILES string of the molecule is C[C@@H](N)c1ccccc1OCCCC1CCCO1. The molecule has 0 aromatic heterocycles. The molecule has 1 aromatic rings. The van der Waals surface area contributed by atoms with Gasteiger partial charge in [0.05, 0.1) is 12.7 Å². The first-order valence-corrected chi connectivity index (χ1v) is 6.86. The van der Waals surface area contributed by atoms with Crippen LogP contribution in [0.25, 0.3) is 0 Å². The van der Waals surface area contributed by atoms with Crippen molar-refractivity contribution in [3.05, 3.63) is 29.8 Å². The molecular weight excluding hydrogens is 226 g/mol. The Morgan fingerprint density at radius 2 is 2.28 bits per heavy atom. The second-order valence-corrected chi connectivity index (χ2v) is 4.95. The molecule has 2 N–H and O–H groups in total. The van der Waals surface area contributed by atoms with E-state index >= 15 is 0 Å². The van der Waals surface area contributed by atoms with Gasteiger partial charge in [-0.3, -0.25) is 0 Å². The Balaban J connectivity index is 1.75. The highest BCUT2D eigenvalue weighted by Gasteiger charge is 2.14. The summed E-state index contributed by atoms with van der Waals surface area (Å²) >= 11 is 0. The number of nitrogens with two attached hydrogens (primary N) is 1. The van der Waals surface area contributed by atoms with Gasteiger partial charge in [0, 0.05) is 18.2 Å². The van der Waals surface area contributed by atoms with Crippen LogP contribution < -0.4 is 10.5 Å². The maximum absolute atomic E-state index is 5.92. The highest BCUT2D eigenvalue weighted by Crippen LogP contribution is 2.24. The lowest BCUT2D eigenvalue weighted by Crippen LogP contribution is -2.10. The van der Waals surface area contributed by atoms with Gasteiger partial charge in [-0.2, -0.15) is 0 Å². The highest BCUT2D eigenvalue weighted by atomic mass is 16.5. The summed E-state index contributed by atoms with van der Waals surface area (Å²) in [6, 6.07) is 8.02. The number of hydrogen-bond donors (Lipinski definition) is 1. The van der Waals surface area contributed by atoms with Gasteiger partial charge in [0.1, 0.15) is 5.75 Å². The van der Waals surface area contributed by atoms with Gasteiger partial charge in [0.2, 0.25) is 0 Å². The van der Waals surface area contributed by atoms with Gasteiger partial charge in [0.15, 0.2) is 0 Å². The predicted octanol–water partition coefficient (Wildman–Crippen LogP) is 3.04. The van der Waals surface area contributed by atoms with Crippen LogP contribution >= 0.6 is 0 Å². The van der Waals surface area contributed by atoms with Crippen LogP contribution in [-0.2, 0) is 4.74 Å². The van der Waals surface area contributed by atoms with Crippen molar-refractivity contribution in [3.63, 3.8) is 0 Å². The maximum atomic E-state index is 5.92. The first-order valence-electron chi connectivity index (χ1n) is 6.86. The first kappa shape index (κ1) is 13.4. The Kier molecular flexibility index (Phi) is 5.02. The van der Waals surface area contributed by atoms with E-state index in [0.29, 0.717) is 6.10 Å². The Hall–Kier alpha value is -1.06. The zero-order chi connectivity index (χ0) is 12.8. The van der Waals surface area contributed by atoms with Gasteiger partial charge in [-0.1, -0.05) is 18.2 Å². The Morgan fingerprint density at radius 3 is 3.00 bits per heavy atom. The summed E-state index contributed by atoms with van der Waals surface area (Å²) < 4.78 is 11.4. The predicted molar refractivity (Wildman–Crippen MR) is 72.7 cm³/mol. The van der Waals surface area contributed by atoms with Crippen LogP contribution in [-0.4, -0.2) is 19.3 Å². The average molecular weight is 249 g/mol. The van der Waals surface area contributed by atoms with Crippen LogP contribution in [0, 0.1) is 0 Å². The topological polar surface area (TPSA) is 44.5 Å². The van der Waals surface area contributed by atoms with E-state index < -0.39 is 0 Å². The van der Waals surface area contributed by atoms with Crippen molar-refractivity contribution in [1.82, 2.24) is 0 Å². The van der Waals surface area contributed by atoms with E-state index in [-0.39, 0.29) is 6.04 Å². The molecule has 3 heteroatoms. The Labute approximate surface area is 109 Å². The summed E-state index contributed by atoms with van der Waals surface area (Å²) in [7, 11) is 0. The smallest absolute Gasteiger partial charge is 0.124 e. The van der Waals surface area contributed by atoms with Crippen molar-refractivity contribution in [3.8, 4) is 5.75 Å². The van der Waals surface area contributed by atoms with E-state index in [1.165, 1.54) is 12.8 Å². The molecule has 1 aliphatic rings. The van der Waals surface area contributed by atoms with Crippen molar-refractivity contribution < 1.29 is 9.47 Å². The van der Waals surface area contributed by atoms with Crippen LogP contribution in [0.1, 0.15) is 44.2 Å². The lowest BCUT2D eigenvalue weighted by molar-refractivity contribution is 0.0980. The highest BCUT2D eigenvalue weighted by molar-refractivity contribution is 5.35. The average Bonchev–Trinajstić information content (AvgIpc) is 2.88. The summed E-state index contributed by atoms with van der Waals surface area (Å²) in [6.45, 7) is 3.65. The van der Waals surface area contributed by atoms with Gasteiger partial charge >= 0.3 is 0 Å². The number of para-hydroxylation sites is 1. The van der Waals surface area contributed by atoms with Gasteiger partial charge in [-0.15, -0.1) is 0 Å². The van der Waals surface area contributed by atoms with Crippen LogP contribution in [0.3, 0.4) is 0 Å². The summed E-state index contributed by atoms with van der Waals surface area (Å²) in [5.41, 5.74) is 7.00. The summed E-state index contributed by atoms with van der Waals surface area (Å²) in [6.07, 6.45) is 5.01. The van der Waals surface area contributed by atoms with Gasteiger partial charge in [0.25, 0.3) is 0 Å². The third-order valence-corrected chi connectivity index (χ3v) is 3.36.